The zero-order chi connectivity index (χ0) is 16.5. The van der Waals surface area contributed by atoms with Gasteiger partial charge in [-0.25, -0.2) is 9.37 Å². The number of hydrogen-bond acceptors (Lipinski definition) is 4. The van der Waals surface area contributed by atoms with Gasteiger partial charge in [-0.1, -0.05) is 35.5 Å². The summed E-state index contributed by atoms with van der Waals surface area (Å²) >= 11 is 0. The van der Waals surface area contributed by atoms with Crippen LogP contribution in [0.15, 0.2) is 59.3 Å². The first-order valence-electron chi connectivity index (χ1n) is 7.63. The van der Waals surface area contributed by atoms with Crippen LogP contribution in [-0.4, -0.2) is 34.0 Å². The molecule has 0 aliphatic carbocycles. The van der Waals surface area contributed by atoms with Gasteiger partial charge in [-0.15, -0.1) is 0 Å². The largest absolute Gasteiger partial charge is 0.354 e. The second kappa shape index (κ2) is 5.88. The van der Waals surface area contributed by atoms with Gasteiger partial charge >= 0.3 is 0 Å². The third-order valence-electron chi connectivity index (χ3n) is 4.15. The van der Waals surface area contributed by atoms with Crippen molar-refractivity contribution in [1.82, 2.24) is 15.0 Å². The highest BCUT2D eigenvalue weighted by Gasteiger charge is 2.33. The van der Waals surface area contributed by atoms with Gasteiger partial charge in [-0.05, 0) is 17.7 Å². The number of likely N-dealkylation sites (tertiary alicyclic amines) is 1. The fourth-order valence-electron chi connectivity index (χ4n) is 2.76. The lowest BCUT2D eigenvalue weighted by atomic mass is 9.91. The molecule has 0 N–H and O–H groups in total. The third kappa shape index (κ3) is 2.67. The van der Waals surface area contributed by atoms with Crippen LogP contribution >= 0.6 is 0 Å². The number of hydrogen-bond donors (Lipinski definition) is 0. The van der Waals surface area contributed by atoms with E-state index in [4.69, 9.17) is 4.52 Å². The molecule has 0 radical (unpaired) electrons. The lowest BCUT2D eigenvalue weighted by Crippen LogP contribution is -2.48. The smallest absolute Gasteiger partial charge is 0.276 e. The van der Waals surface area contributed by atoms with Crippen molar-refractivity contribution in [1.29, 1.82) is 0 Å². The maximum atomic E-state index is 12.9. The summed E-state index contributed by atoms with van der Waals surface area (Å²) in [6, 6.07) is 14.4. The lowest BCUT2D eigenvalue weighted by Gasteiger charge is -2.39. The normalized spacial score (nSPS) is 14.5. The van der Waals surface area contributed by atoms with Crippen molar-refractivity contribution in [3.05, 3.63) is 71.8 Å². The molecule has 0 atom stereocenters. The second-order valence-electron chi connectivity index (χ2n) is 5.76. The molecular formula is C18H14FN3O2. The molecule has 6 heteroatoms. The van der Waals surface area contributed by atoms with Crippen LogP contribution in [0, 0.1) is 5.82 Å². The zero-order valence-electron chi connectivity index (χ0n) is 12.7. The molecule has 0 saturated carbocycles. The first-order valence-corrected chi connectivity index (χ1v) is 7.63. The number of aromatic nitrogens is 2. The van der Waals surface area contributed by atoms with Crippen LogP contribution in [0.1, 0.15) is 22.0 Å². The highest BCUT2D eigenvalue weighted by molar-refractivity contribution is 5.93. The lowest BCUT2D eigenvalue weighted by molar-refractivity contribution is 0.0591. The van der Waals surface area contributed by atoms with Crippen molar-refractivity contribution in [2.75, 3.05) is 13.1 Å². The molecule has 3 heterocycles. The molecule has 1 aromatic carbocycles. The van der Waals surface area contributed by atoms with E-state index < -0.39 is 5.82 Å². The molecule has 1 saturated heterocycles. The van der Waals surface area contributed by atoms with E-state index in [9.17, 15) is 9.18 Å². The van der Waals surface area contributed by atoms with Crippen LogP contribution in [0.2, 0.25) is 0 Å². The summed E-state index contributed by atoms with van der Waals surface area (Å²) in [5.41, 5.74) is 1.91. The quantitative estimate of drug-likeness (QED) is 0.743. The Hall–Kier alpha value is -3.02. The van der Waals surface area contributed by atoms with Crippen LogP contribution < -0.4 is 0 Å². The number of nitrogens with zero attached hydrogens (tertiary/aromatic N) is 3. The number of rotatable bonds is 3. The van der Waals surface area contributed by atoms with Gasteiger partial charge in [-0.3, -0.25) is 4.79 Å². The predicted molar refractivity (Wildman–Crippen MR) is 84.8 cm³/mol. The summed E-state index contributed by atoms with van der Waals surface area (Å²) in [7, 11) is 0. The Morgan fingerprint density at radius 3 is 2.67 bits per heavy atom. The van der Waals surface area contributed by atoms with Gasteiger partial charge in [0.15, 0.2) is 11.5 Å². The fraction of sp³-hybridized carbons (Fsp3) is 0.167. The van der Waals surface area contributed by atoms with Crippen LogP contribution in [0.5, 0.6) is 0 Å². The van der Waals surface area contributed by atoms with Crippen molar-refractivity contribution in [2.45, 2.75) is 5.92 Å². The van der Waals surface area contributed by atoms with Gasteiger partial charge in [0.2, 0.25) is 0 Å². The van der Waals surface area contributed by atoms with E-state index in [0.717, 1.165) is 6.20 Å². The Bertz CT molecular complexity index is 855. The van der Waals surface area contributed by atoms with Crippen molar-refractivity contribution in [3.8, 4) is 11.5 Å². The average molecular weight is 323 g/mol. The topological polar surface area (TPSA) is 59.2 Å². The number of pyridine rings is 1. The monoisotopic (exact) mass is 323 g/mol. The Morgan fingerprint density at radius 1 is 1.17 bits per heavy atom. The van der Waals surface area contributed by atoms with Crippen LogP contribution in [0.4, 0.5) is 4.39 Å². The van der Waals surface area contributed by atoms with E-state index in [1.165, 1.54) is 17.7 Å². The molecule has 4 rings (SSSR count). The standard InChI is InChI=1S/C18H14FN3O2/c19-14-6-7-15(20-9-14)17-8-16(21-24-17)18(23)22-10-13(11-22)12-4-2-1-3-5-12/h1-9,13H,10-11H2. The molecule has 0 bridgehead atoms. The van der Waals surface area contributed by atoms with Crippen LogP contribution in [0.3, 0.4) is 0 Å². The zero-order valence-corrected chi connectivity index (χ0v) is 12.7. The maximum absolute atomic E-state index is 12.9. The summed E-state index contributed by atoms with van der Waals surface area (Å²) in [4.78, 5) is 18.1. The summed E-state index contributed by atoms with van der Waals surface area (Å²) in [6.07, 6.45) is 1.10. The molecule has 1 fully saturated rings. The van der Waals surface area contributed by atoms with E-state index in [-0.39, 0.29) is 11.6 Å². The fourth-order valence-corrected chi connectivity index (χ4v) is 2.76. The van der Waals surface area contributed by atoms with E-state index in [2.05, 4.69) is 22.3 Å². The molecule has 3 aromatic rings. The van der Waals surface area contributed by atoms with E-state index in [1.54, 1.807) is 11.0 Å². The highest BCUT2D eigenvalue weighted by atomic mass is 19.1. The van der Waals surface area contributed by atoms with Gasteiger partial charge in [0.05, 0.1) is 6.20 Å². The van der Waals surface area contributed by atoms with Gasteiger partial charge in [-0.2, -0.15) is 0 Å². The van der Waals surface area contributed by atoms with Crippen molar-refractivity contribution in [2.24, 2.45) is 0 Å². The van der Waals surface area contributed by atoms with Crippen molar-refractivity contribution < 1.29 is 13.7 Å². The Labute approximate surface area is 137 Å². The molecular weight excluding hydrogens is 309 g/mol. The van der Waals surface area contributed by atoms with Gasteiger partial charge in [0.25, 0.3) is 5.91 Å². The molecule has 120 valence electrons. The third-order valence-corrected chi connectivity index (χ3v) is 4.15. The minimum atomic E-state index is -0.429. The summed E-state index contributed by atoms with van der Waals surface area (Å²) in [5, 5.41) is 3.82. The Balaban J connectivity index is 1.44. The maximum Gasteiger partial charge on any atom is 0.276 e. The Kier molecular flexibility index (Phi) is 3.57. The second-order valence-corrected chi connectivity index (χ2v) is 5.76. The van der Waals surface area contributed by atoms with E-state index >= 15 is 0 Å². The minimum Gasteiger partial charge on any atom is -0.354 e. The first-order chi connectivity index (χ1) is 11.7. The number of carbonyl (C=O) groups is 1. The highest BCUT2D eigenvalue weighted by Crippen LogP contribution is 2.28. The summed E-state index contributed by atoms with van der Waals surface area (Å²) < 4.78 is 18.1. The SMILES string of the molecule is O=C(c1cc(-c2ccc(F)cn2)on1)N1CC(c2ccccc2)C1. The number of amides is 1. The molecule has 24 heavy (non-hydrogen) atoms. The molecule has 1 aliphatic rings. The molecule has 0 spiro atoms. The van der Waals surface area contributed by atoms with Crippen molar-refractivity contribution in [3.63, 3.8) is 0 Å². The molecule has 5 nitrogen and oxygen atoms in total. The predicted octanol–water partition coefficient (Wildman–Crippen LogP) is 3.12. The average Bonchev–Trinajstić information content (AvgIpc) is 3.05. The summed E-state index contributed by atoms with van der Waals surface area (Å²) in [5.74, 6) is 0.111. The van der Waals surface area contributed by atoms with E-state index in [0.29, 0.717) is 30.5 Å². The first kappa shape index (κ1) is 14.6. The number of benzene rings is 1. The molecule has 0 unspecified atom stereocenters. The molecule has 2 aromatic heterocycles. The molecule has 1 aliphatic heterocycles. The van der Waals surface area contributed by atoms with Gasteiger partial charge < -0.3 is 9.42 Å². The van der Waals surface area contributed by atoms with Gasteiger partial charge in [0, 0.05) is 25.1 Å². The number of halogens is 1. The van der Waals surface area contributed by atoms with Crippen LogP contribution in [0.25, 0.3) is 11.5 Å². The Morgan fingerprint density at radius 2 is 1.96 bits per heavy atom. The number of carbonyl (C=O) groups excluding carboxylic acids is 1. The van der Waals surface area contributed by atoms with Crippen molar-refractivity contribution >= 4 is 5.91 Å². The van der Waals surface area contributed by atoms with Gasteiger partial charge in [0.1, 0.15) is 11.5 Å². The summed E-state index contributed by atoms with van der Waals surface area (Å²) in [6.45, 7) is 1.33. The minimum absolute atomic E-state index is 0.167. The van der Waals surface area contributed by atoms with Crippen LogP contribution in [-0.2, 0) is 0 Å². The molecule has 1 amide bonds. The van der Waals surface area contributed by atoms with E-state index in [1.807, 2.05) is 18.2 Å².